The SMILES string of the molecule is COc1ccc(C2=C(C)C(N3CCC(C(=O)Nc4ccc(F)cc4)CC3)=NS2(=O)=O)cc1. The van der Waals surface area contributed by atoms with Gasteiger partial charge >= 0.3 is 0 Å². The molecule has 0 radical (unpaired) electrons. The number of hydrogen-bond acceptors (Lipinski definition) is 5. The van der Waals surface area contributed by atoms with Crippen LogP contribution in [0.15, 0.2) is 58.5 Å². The number of nitrogens with zero attached hydrogens (tertiary/aromatic N) is 2. The van der Waals surface area contributed by atoms with Crippen molar-refractivity contribution in [3.63, 3.8) is 0 Å². The molecule has 2 aliphatic rings. The van der Waals surface area contributed by atoms with Gasteiger partial charge in [0.15, 0.2) is 0 Å². The van der Waals surface area contributed by atoms with Gasteiger partial charge in [-0.3, -0.25) is 4.79 Å². The van der Waals surface area contributed by atoms with Crippen LogP contribution in [0.2, 0.25) is 0 Å². The molecule has 0 aromatic heterocycles. The average molecular weight is 458 g/mol. The number of likely N-dealkylation sites (tertiary alicyclic amines) is 1. The topological polar surface area (TPSA) is 88.1 Å². The number of amidine groups is 1. The molecule has 0 bridgehead atoms. The number of ether oxygens (including phenoxy) is 1. The second-order valence-electron chi connectivity index (χ2n) is 7.83. The molecule has 168 valence electrons. The maximum absolute atomic E-state index is 13.0. The molecule has 1 N–H and O–H groups in total. The minimum Gasteiger partial charge on any atom is -0.497 e. The Bertz CT molecular complexity index is 1180. The number of carbonyl (C=O) groups excluding carboxylic acids is 1. The van der Waals surface area contributed by atoms with Crippen LogP contribution in [-0.4, -0.2) is 45.3 Å². The molecule has 9 heteroatoms. The van der Waals surface area contributed by atoms with Crippen LogP contribution in [0.4, 0.5) is 10.1 Å². The standard InChI is InChI=1S/C23H24FN3O4S/c1-15-21(16-3-9-20(31-2)10-4-16)32(29,30)26-22(15)27-13-11-17(12-14-27)23(28)25-19-7-5-18(24)6-8-19/h3-10,17H,11-14H2,1-2H3,(H,25,28). The van der Waals surface area contributed by atoms with Crippen LogP contribution >= 0.6 is 0 Å². The number of methoxy groups -OCH3 is 1. The Hall–Kier alpha value is -3.20. The van der Waals surface area contributed by atoms with Crippen molar-refractivity contribution in [1.82, 2.24) is 4.90 Å². The van der Waals surface area contributed by atoms with E-state index in [1.54, 1.807) is 38.3 Å². The highest BCUT2D eigenvalue weighted by Crippen LogP contribution is 2.35. The molecule has 1 fully saturated rings. The lowest BCUT2D eigenvalue weighted by Crippen LogP contribution is -2.41. The van der Waals surface area contributed by atoms with Crippen LogP contribution in [0.5, 0.6) is 5.75 Å². The third-order valence-electron chi connectivity index (χ3n) is 5.77. The monoisotopic (exact) mass is 457 g/mol. The molecule has 0 unspecified atom stereocenters. The molecular formula is C23H24FN3O4S. The number of amides is 1. The van der Waals surface area contributed by atoms with E-state index >= 15 is 0 Å². The Labute approximate surface area is 186 Å². The van der Waals surface area contributed by atoms with Gasteiger partial charge in [-0.15, -0.1) is 4.40 Å². The summed E-state index contributed by atoms with van der Waals surface area (Å²) in [5.74, 6) is 0.391. The zero-order valence-corrected chi connectivity index (χ0v) is 18.7. The van der Waals surface area contributed by atoms with E-state index in [0.717, 1.165) is 0 Å². The highest BCUT2D eigenvalue weighted by molar-refractivity contribution is 8.00. The van der Waals surface area contributed by atoms with Gasteiger partial charge in [-0.05, 0) is 73.9 Å². The smallest absolute Gasteiger partial charge is 0.285 e. The summed E-state index contributed by atoms with van der Waals surface area (Å²) >= 11 is 0. The van der Waals surface area contributed by atoms with Crippen LogP contribution < -0.4 is 10.1 Å². The van der Waals surface area contributed by atoms with Gasteiger partial charge < -0.3 is 15.0 Å². The first kappa shape index (κ1) is 22.0. The van der Waals surface area contributed by atoms with E-state index in [1.165, 1.54) is 24.3 Å². The summed E-state index contributed by atoms with van der Waals surface area (Å²) in [6, 6.07) is 12.5. The average Bonchev–Trinajstić information content (AvgIpc) is 3.04. The van der Waals surface area contributed by atoms with Crippen molar-refractivity contribution in [3.05, 3.63) is 65.5 Å². The van der Waals surface area contributed by atoms with E-state index in [9.17, 15) is 17.6 Å². The third kappa shape index (κ3) is 4.38. The van der Waals surface area contributed by atoms with E-state index in [2.05, 4.69) is 9.71 Å². The minimum atomic E-state index is -3.81. The second-order valence-corrected chi connectivity index (χ2v) is 9.37. The summed E-state index contributed by atoms with van der Waals surface area (Å²) in [6.45, 7) is 2.79. The van der Waals surface area contributed by atoms with Crippen LogP contribution in [0.1, 0.15) is 25.3 Å². The van der Waals surface area contributed by atoms with Gasteiger partial charge in [0.05, 0.1) is 7.11 Å². The molecule has 0 aliphatic carbocycles. The summed E-state index contributed by atoms with van der Waals surface area (Å²) < 4.78 is 47.8. The van der Waals surface area contributed by atoms with Crippen LogP contribution in [0.3, 0.4) is 0 Å². The van der Waals surface area contributed by atoms with E-state index in [1.807, 2.05) is 4.90 Å². The van der Waals surface area contributed by atoms with E-state index < -0.39 is 10.0 Å². The second kappa shape index (κ2) is 8.74. The van der Waals surface area contributed by atoms with Gasteiger partial charge in [-0.1, -0.05) is 0 Å². The Kier molecular flexibility index (Phi) is 6.01. The predicted molar refractivity (Wildman–Crippen MR) is 121 cm³/mol. The van der Waals surface area contributed by atoms with Crippen LogP contribution in [-0.2, 0) is 14.8 Å². The first-order valence-corrected chi connectivity index (χ1v) is 11.7. The molecule has 1 amide bonds. The van der Waals surface area contributed by atoms with Crippen molar-refractivity contribution < 1.29 is 22.3 Å². The van der Waals surface area contributed by atoms with Gasteiger partial charge in [0, 0.05) is 30.3 Å². The number of carbonyl (C=O) groups is 1. The number of halogens is 1. The van der Waals surface area contributed by atoms with Crippen molar-refractivity contribution in [3.8, 4) is 5.75 Å². The normalized spacial score (nSPS) is 18.5. The first-order chi connectivity index (χ1) is 15.3. The predicted octanol–water partition coefficient (Wildman–Crippen LogP) is 3.66. The van der Waals surface area contributed by atoms with Gasteiger partial charge in [-0.2, -0.15) is 8.42 Å². The molecule has 2 aliphatic heterocycles. The molecule has 2 aromatic carbocycles. The molecule has 2 aromatic rings. The molecule has 32 heavy (non-hydrogen) atoms. The number of rotatable bonds is 4. The summed E-state index contributed by atoms with van der Waals surface area (Å²) in [6.07, 6.45) is 1.13. The number of piperidine rings is 1. The fraction of sp³-hybridized carbons (Fsp3) is 0.304. The van der Waals surface area contributed by atoms with E-state index in [0.29, 0.717) is 54.3 Å². The van der Waals surface area contributed by atoms with Crippen LogP contribution in [0.25, 0.3) is 4.91 Å². The Morgan fingerprint density at radius 3 is 2.31 bits per heavy atom. The number of nitrogens with one attached hydrogen (secondary N) is 1. The Morgan fingerprint density at radius 1 is 1.09 bits per heavy atom. The lowest BCUT2D eigenvalue weighted by molar-refractivity contribution is -0.120. The molecule has 0 saturated carbocycles. The van der Waals surface area contributed by atoms with E-state index in [-0.39, 0.29) is 22.5 Å². The molecule has 2 heterocycles. The lowest BCUT2D eigenvalue weighted by atomic mass is 9.95. The number of sulfonamides is 1. The zero-order chi connectivity index (χ0) is 22.9. The third-order valence-corrected chi connectivity index (χ3v) is 7.24. The molecule has 4 rings (SSSR count). The van der Waals surface area contributed by atoms with Crippen LogP contribution in [0, 0.1) is 11.7 Å². The summed E-state index contributed by atoms with van der Waals surface area (Å²) in [4.78, 5) is 14.7. The maximum atomic E-state index is 13.0. The van der Waals surface area contributed by atoms with Gasteiger partial charge in [0.25, 0.3) is 10.0 Å². The highest BCUT2D eigenvalue weighted by Gasteiger charge is 2.35. The number of hydrogen-bond donors (Lipinski definition) is 1. The van der Waals surface area contributed by atoms with Crippen molar-refractivity contribution in [2.45, 2.75) is 19.8 Å². The highest BCUT2D eigenvalue weighted by atomic mass is 32.2. The molecule has 7 nitrogen and oxygen atoms in total. The molecule has 0 atom stereocenters. The number of benzene rings is 2. The lowest BCUT2D eigenvalue weighted by Gasteiger charge is -2.32. The zero-order valence-electron chi connectivity index (χ0n) is 17.8. The minimum absolute atomic E-state index is 0.122. The Balaban J connectivity index is 1.45. The van der Waals surface area contributed by atoms with Crippen molar-refractivity contribution in [2.24, 2.45) is 10.3 Å². The number of anilines is 1. The first-order valence-electron chi connectivity index (χ1n) is 10.3. The van der Waals surface area contributed by atoms with Crippen molar-refractivity contribution >= 4 is 32.4 Å². The van der Waals surface area contributed by atoms with Crippen molar-refractivity contribution in [2.75, 3.05) is 25.5 Å². The summed E-state index contributed by atoms with van der Waals surface area (Å²) in [5.41, 5.74) is 1.72. The summed E-state index contributed by atoms with van der Waals surface area (Å²) in [7, 11) is -2.25. The fourth-order valence-corrected chi connectivity index (χ4v) is 5.54. The maximum Gasteiger partial charge on any atom is 0.285 e. The molecule has 0 spiro atoms. The van der Waals surface area contributed by atoms with Gasteiger partial charge in [-0.25, -0.2) is 4.39 Å². The summed E-state index contributed by atoms with van der Waals surface area (Å²) in [5, 5.41) is 2.81. The van der Waals surface area contributed by atoms with Crippen molar-refractivity contribution in [1.29, 1.82) is 0 Å². The van der Waals surface area contributed by atoms with Gasteiger partial charge in [0.1, 0.15) is 22.3 Å². The van der Waals surface area contributed by atoms with E-state index in [4.69, 9.17) is 4.74 Å². The van der Waals surface area contributed by atoms with Gasteiger partial charge in [0.2, 0.25) is 5.91 Å². The Morgan fingerprint density at radius 2 is 1.72 bits per heavy atom. The molecule has 1 saturated heterocycles. The quantitative estimate of drug-likeness (QED) is 0.757. The largest absolute Gasteiger partial charge is 0.497 e. The fourth-order valence-electron chi connectivity index (χ4n) is 4.06. The molecular weight excluding hydrogens is 433 g/mol.